The van der Waals surface area contributed by atoms with E-state index in [-0.39, 0.29) is 18.2 Å². The van der Waals surface area contributed by atoms with Crippen LogP contribution in [0.4, 0.5) is 0 Å². The van der Waals surface area contributed by atoms with E-state index < -0.39 is 12.2 Å². The van der Waals surface area contributed by atoms with Crippen LogP contribution in [0.15, 0.2) is 24.3 Å². The molecule has 2 aliphatic heterocycles. The largest absolute Gasteiger partial charge is 0.492 e. The van der Waals surface area contributed by atoms with Crippen LogP contribution >= 0.6 is 0 Å². The third-order valence-electron chi connectivity index (χ3n) is 10.6. The summed E-state index contributed by atoms with van der Waals surface area (Å²) in [5.74, 6) is 11.1. The van der Waals surface area contributed by atoms with Crippen molar-refractivity contribution >= 4 is 0 Å². The molecular weight excluding hydrogens is 506 g/mol. The van der Waals surface area contributed by atoms with Crippen molar-refractivity contribution in [2.24, 2.45) is 17.3 Å². The number of nitrogens with zero attached hydrogens (tertiary/aromatic N) is 1. The van der Waals surface area contributed by atoms with Crippen LogP contribution in [0.2, 0.25) is 0 Å². The van der Waals surface area contributed by atoms with Gasteiger partial charge in [0.25, 0.3) is 0 Å². The molecule has 5 aliphatic rings. The Bertz CT molecular complexity index is 1380. The molecule has 0 bridgehead atoms. The molecule has 2 N–H and O–H groups in total. The second-order valence-electron chi connectivity index (χ2n) is 12.5. The van der Waals surface area contributed by atoms with Crippen molar-refractivity contribution < 1.29 is 29.2 Å². The number of aliphatic hydroxyl groups excluding tert-OH is 2. The predicted octanol–water partition coefficient (Wildman–Crippen LogP) is 4.22. The van der Waals surface area contributed by atoms with E-state index in [0.29, 0.717) is 30.1 Å². The first kappa shape index (κ1) is 26.0. The summed E-state index contributed by atoms with van der Waals surface area (Å²) >= 11 is 0. The molecule has 2 aromatic rings. The highest BCUT2D eigenvalue weighted by atomic mass is 16.7. The Labute approximate surface area is 236 Å². The lowest BCUT2D eigenvalue weighted by Gasteiger charge is -2.49. The zero-order valence-electron chi connectivity index (χ0n) is 23.6. The van der Waals surface area contributed by atoms with Crippen LogP contribution in [0.25, 0.3) is 0 Å². The van der Waals surface area contributed by atoms with Crippen LogP contribution in [0, 0.1) is 29.1 Å². The summed E-state index contributed by atoms with van der Waals surface area (Å²) in [6, 6.07) is 8.49. The van der Waals surface area contributed by atoms with Crippen LogP contribution in [0.5, 0.6) is 23.0 Å². The molecule has 7 rings (SSSR count). The van der Waals surface area contributed by atoms with Crippen LogP contribution in [0.3, 0.4) is 0 Å². The fourth-order valence-electron chi connectivity index (χ4n) is 8.51. The van der Waals surface area contributed by atoms with Gasteiger partial charge in [0.2, 0.25) is 12.5 Å². The molecule has 40 heavy (non-hydrogen) atoms. The average molecular weight is 546 g/mol. The van der Waals surface area contributed by atoms with Gasteiger partial charge in [0.05, 0.1) is 19.3 Å². The minimum atomic E-state index is -0.595. The van der Waals surface area contributed by atoms with E-state index in [9.17, 15) is 10.2 Å². The van der Waals surface area contributed by atoms with Gasteiger partial charge in [-0.2, -0.15) is 0 Å². The minimum Gasteiger partial charge on any atom is -0.492 e. The van der Waals surface area contributed by atoms with Gasteiger partial charge in [0, 0.05) is 12.1 Å². The van der Waals surface area contributed by atoms with Crippen LogP contribution in [0.1, 0.15) is 66.8 Å². The topological polar surface area (TPSA) is 80.6 Å². The van der Waals surface area contributed by atoms with Crippen molar-refractivity contribution in [1.82, 2.24) is 4.90 Å². The molecule has 2 aromatic carbocycles. The summed E-state index contributed by atoms with van der Waals surface area (Å²) in [5, 5.41) is 21.1. The van der Waals surface area contributed by atoms with E-state index in [1.54, 1.807) is 7.11 Å². The van der Waals surface area contributed by atoms with Crippen LogP contribution < -0.4 is 18.9 Å². The summed E-state index contributed by atoms with van der Waals surface area (Å²) < 4.78 is 23.2. The number of likely N-dealkylation sites (N-methyl/N-ethyl adjacent to an activating group) is 1. The van der Waals surface area contributed by atoms with E-state index in [4.69, 9.17) is 18.9 Å². The van der Waals surface area contributed by atoms with Gasteiger partial charge in [-0.05, 0) is 104 Å². The van der Waals surface area contributed by atoms with Gasteiger partial charge in [0.15, 0.2) is 11.5 Å². The van der Waals surface area contributed by atoms with Crippen LogP contribution in [-0.2, 0) is 12.8 Å². The standard InChI is InChI=1S/C33H39NO6/c1-33-12-10-23-22-9-7-21(15-19(22)6-8-24(23)25(33)17-27(35)32(33)36)38-14-4-5-26-29-20(11-13-34(26)2)16-28-30(31(29)37-3)40-18-39-28/h7,9,15-16,23-27,32,35-36H,6,8,10-14,17-18H2,1-3H3/t23-,24-,25-,26+,27+,32+,33+/m1/s1. The molecule has 2 saturated carbocycles. The number of rotatable bonds is 3. The molecule has 0 saturated heterocycles. The molecular formula is C33H39NO6. The number of aliphatic hydroxyl groups is 2. The highest BCUT2D eigenvalue weighted by Crippen LogP contribution is 2.61. The van der Waals surface area contributed by atoms with E-state index in [1.807, 2.05) is 0 Å². The fraction of sp³-hybridized carbons (Fsp3) is 0.576. The molecule has 7 heteroatoms. The monoisotopic (exact) mass is 545 g/mol. The van der Waals surface area contributed by atoms with Gasteiger partial charge in [-0.25, -0.2) is 0 Å². The van der Waals surface area contributed by atoms with E-state index in [0.717, 1.165) is 67.9 Å². The van der Waals surface area contributed by atoms with Crippen molar-refractivity contribution in [1.29, 1.82) is 0 Å². The van der Waals surface area contributed by atoms with Gasteiger partial charge in [-0.3, -0.25) is 4.90 Å². The average Bonchev–Trinajstić information content (AvgIpc) is 3.52. The smallest absolute Gasteiger partial charge is 0.231 e. The third-order valence-corrected chi connectivity index (χ3v) is 10.6. The first-order valence-electron chi connectivity index (χ1n) is 14.7. The molecule has 0 unspecified atom stereocenters. The van der Waals surface area contributed by atoms with Gasteiger partial charge >= 0.3 is 0 Å². The Kier molecular flexibility index (Phi) is 6.42. The highest BCUT2D eigenvalue weighted by molar-refractivity contribution is 5.63. The lowest BCUT2D eigenvalue weighted by molar-refractivity contribution is -0.0505. The quantitative estimate of drug-likeness (QED) is 0.559. The number of fused-ring (bicyclic) bond motifs is 7. The second kappa shape index (κ2) is 9.87. The molecule has 3 aliphatic carbocycles. The highest BCUT2D eigenvalue weighted by Gasteiger charge is 2.57. The number of hydrogen-bond donors (Lipinski definition) is 2. The molecule has 7 nitrogen and oxygen atoms in total. The molecule has 0 spiro atoms. The van der Waals surface area contributed by atoms with Crippen molar-refractivity contribution in [3.63, 3.8) is 0 Å². The molecule has 0 radical (unpaired) electrons. The molecule has 0 aromatic heterocycles. The number of methoxy groups -OCH3 is 1. The Balaban J connectivity index is 1.06. The fourth-order valence-corrected chi connectivity index (χ4v) is 8.51. The maximum atomic E-state index is 10.7. The summed E-state index contributed by atoms with van der Waals surface area (Å²) in [4.78, 5) is 2.24. The van der Waals surface area contributed by atoms with Crippen LogP contribution in [-0.4, -0.2) is 61.4 Å². The van der Waals surface area contributed by atoms with Gasteiger partial charge in [0.1, 0.15) is 18.4 Å². The predicted molar refractivity (Wildman–Crippen MR) is 150 cm³/mol. The molecule has 2 fully saturated rings. The van der Waals surface area contributed by atoms with Crippen molar-refractivity contribution in [3.05, 3.63) is 46.5 Å². The maximum Gasteiger partial charge on any atom is 0.231 e. The Morgan fingerprint density at radius 3 is 2.85 bits per heavy atom. The summed E-state index contributed by atoms with van der Waals surface area (Å²) in [6.07, 6.45) is 4.61. The normalized spacial score (nSPS) is 33.6. The Morgan fingerprint density at radius 2 is 2.00 bits per heavy atom. The van der Waals surface area contributed by atoms with E-state index in [1.165, 1.54) is 16.7 Å². The van der Waals surface area contributed by atoms with E-state index >= 15 is 0 Å². The first-order valence-corrected chi connectivity index (χ1v) is 14.7. The number of aryl methyl sites for hydroxylation is 1. The van der Waals surface area contributed by atoms with Crippen molar-refractivity contribution in [3.8, 4) is 34.8 Å². The number of ether oxygens (including phenoxy) is 4. The molecule has 212 valence electrons. The first-order chi connectivity index (χ1) is 19.4. The van der Waals surface area contributed by atoms with Gasteiger partial charge in [-0.15, -0.1) is 0 Å². The zero-order chi connectivity index (χ0) is 27.6. The van der Waals surface area contributed by atoms with Gasteiger partial charge in [-0.1, -0.05) is 24.8 Å². The Hall–Kier alpha value is -2.92. The minimum absolute atomic E-state index is 0.109. The zero-order valence-corrected chi connectivity index (χ0v) is 23.6. The third kappa shape index (κ3) is 3.99. The summed E-state index contributed by atoms with van der Waals surface area (Å²) in [6.45, 7) is 3.62. The van der Waals surface area contributed by atoms with E-state index in [2.05, 4.69) is 55.0 Å². The van der Waals surface area contributed by atoms with Crippen molar-refractivity contribution in [2.45, 2.75) is 69.6 Å². The molecule has 7 atom stereocenters. The Morgan fingerprint density at radius 1 is 1.12 bits per heavy atom. The number of hydrogen-bond acceptors (Lipinski definition) is 7. The second-order valence-corrected chi connectivity index (χ2v) is 12.5. The summed E-state index contributed by atoms with van der Waals surface area (Å²) in [7, 11) is 3.76. The van der Waals surface area contributed by atoms with Gasteiger partial charge < -0.3 is 29.2 Å². The molecule has 0 amide bonds. The lowest BCUT2D eigenvalue weighted by Crippen LogP contribution is -2.44. The lowest BCUT2D eigenvalue weighted by atomic mass is 9.55. The van der Waals surface area contributed by atoms with Crippen molar-refractivity contribution in [2.75, 3.05) is 34.1 Å². The molecule has 2 heterocycles. The maximum absolute atomic E-state index is 10.7. The number of benzene rings is 2. The SMILES string of the molecule is COc1c2c(cc3c1[C@H](C#CCOc1ccc4c(c1)CC[C@@H]1[C@@H]4CC[C@@]4(C)[C@@H]1C[C@H](O)[C@@H]4O)N(C)CC3)OCO2. The summed E-state index contributed by atoms with van der Waals surface area (Å²) in [5.41, 5.74) is 4.90.